The second kappa shape index (κ2) is 3.99. The van der Waals surface area contributed by atoms with Gasteiger partial charge in [-0.25, -0.2) is 0 Å². The second-order valence-electron chi connectivity index (χ2n) is 7.46. The van der Waals surface area contributed by atoms with Crippen molar-refractivity contribution >= 4 is 11.9 Å². The van der Waals surface area contributed by atoms with E-state index in [0.29, 0.717) is 37.8 Å². The summed E-state index contributed by atoms with van der Waals surface area (Å²) in [5.41, 5.74) is -0.682. The minimum absolute atomic E-state index is 0.253. The van der Waals surface area contributed by atoms with Crippen molar-refractivity contribution in [2.75, 3.05) is 13.1 Å². The molecule has 0 radical (unpaired) electrons. The zero-order chi connectivity index (χ0) is 14.1. The Morgan fingerprint density at radius 3 is 2.40 bits per heavy atom. The maximum Gasteiger partial charge on any atom is 0.311 e. The van der Waals surface area contributed by atoms with E-state index in [1.807, 2.05) is 11.8 Å². The molecule has 5 atom stereocenters. The predicted molar refractivity (Wildman–Crippen MR) is 72.9 cm³/mol. The largest absolute Gasteiger partial charge is 0.481 e. The summed E-state index contributed by atoms with van der Waals surface area (Å²) in [6.07, 6.45) is 5.24. The zero-order valence-electron chi connectivity index (χ0n) is 12.0. The van der Waals surface area contributed by atoms with Crippen molar-refractivity contribution < 1.29 is 14.7 Å². The fraction of sp³-hybridized carbons (Fsp3) is 0.875. The van der Waals surface area contributed by atoms with Gasteiger partial charge in [0.2, 0.25) is 5.91 Å². The van der Waals surface area contributed by atoms with E-state index in [2.05, 4.69) is 0 Å². The number of carboxylic acids is 1. The number of amides is 1. The van der Waals surface area contributed by atoms with Gasteiger partial charge >= 0.3 is 5.97 Å². The van der Waals surface area contributed by atoms with Gasteiger partial charge in [0.25, 0.3) is 0 Å². The van der Waals surface area contributed by atoms with Crippen LogP contribution < -0.4 is 0 Å². The van der Waals surface area contributed by atoms with Gasteiger partial charge < -0.3 is 10.0 Å². The summed E-state index contributed by atoms with van der Waals surface area (Å²) in [7, 11) is 0. The number of aliphatic carboxylic acids is 1. The molecule has 110 valence electrons. The first-order valence-electron chi connectivity index (χ1n) is 8.09. The summed E-state index contributed by atoms with van der Waals surface area (Å²) in [4.78, 5) is 26.0. The van der Waals surface area contributed by atoms with Crippen molar-refractivity contribution in [2.24, 2.45) is 35.0 Å². The monoisotopic (exact) mass is 277 g/mol. The number of hydrogen-bond acceptors (Lipinski definition) is 2. The van der Waals surface area contributed by atoms with Crippen molar-refractivity contribution in [1.82, 2.24) is 4.90 Å². The first-order chi connectivity index (χ1) is 9.57. The number of carbonyl (C=O) groups excluding carboxylic acids is 1. The molecule has 3 aliphatic carbocycles. The van der Waals surface area contributed by atoms with E-state index in [0.717, 1.165) is 11.8 Å². The lowest BCUT2D eigenvalue weighted by molar-refractivity contribution is -0.148. The molecule has 3 saturated carbocycles. The Morgan fingerprint density at radius 1 is 1.25 bits per heavy atom. The first kappa shape index (κ1) is 12.7. The minimum atomic E-state index is -0.730. The Kier molecular flexibility index (Phi) is 2.52. The van der Waals surface area contributed by atoms with E-state index in [9.17, 15) is 14.7 Å². The Bertz CT molecular complexity index is 460. The van der Waals surface area contributed by atoms with Crippen molar-refractivity contribution in [1.29, 1.82) is 0 Å². The average Bonchev–Trinajstić information content (AvgIpc) is 2.84. The molecule has 4 rings (SSSR count). The molecule has 4 heteroatoms. The summed E-state index contributed by atoms with van der Waals surface area (Å²) < 4.78 is 0. The van der Waals surface area contributed by atoms with Crippen LogP contribution >= 0.6 is 0 Å². The van der Waals surface area contributed by atoms with Crippen LogP contribution in [0.2, 0.25) is 0 Å². The van der Waals surface area contributed by atoms with E-state index in [1.54, 1.807) is 0 Å². The number of rotatable bonds is 3. The van der Waals surface area contributed by atoms with Gasteiger partial charge in [-0.1, -0.05) is 6.92 Å². The summed E-state index contributed by atoms with van der Waals surface area (Å²) in [5.74, 6) is 2.71. The summed E-state index contributed by atoms with van der Waals surface area (Å²) >= 11 is 0. The van der Waals surface area contributed by atoms with Crippen molar-refractivity contribution in [3.63, 3.8) is 0 Å². The molecule has 1 aliphatic heterocycles. The Labute approximate surface area is 119 Å². The fourth-order valence-corrected chi connectivity index (χ4v) is 5.54. The highest BCUT2D eigenvalue weighted by Gasteiger charge is 2.68. The smallest absolute Gasteiger partial charge is 0.311 e. The molecule has 4 fully saturated rings. The van der Waals surface area contributed by atoms with Gasteiger partial charge in [0.15, 0.2) is 0 Å². The fourth-order valence-electron chi connectivity index (χ4n) is 5.54. The number of carbonyl (C=O) groups is 2. The van der Waals surface area contributed by atoms with Crippen LogP contribution in [0.5, 0.6) is 0 Å². The van der Waals surface area contributed by atoms with E-state index in [4.69, 9.17) is 0 Å². The minimum Gasteiger partial charge on any atom is -0.481 e. The van der Waals surface area contributed by atoms with Crippen LogP contribution in [-0.4, -0.2) is 35.0 Å². The molecule has 20 heavy (non-hydrogen) atoms. The molecule has 2 bridgehead atoms. The molecule has 0 aromatic heterocycles. The third kappa shape index (κ3) is 1.48. The second-order valence-corrected chi connectivity index (χ2v) is 7.46. The van der Waals surface area contributed by atoms with Crippen molar-refractivity contribution in [2.45, 2.75) is 39.0 Å². The quantitative estimate of drug-likeness (QED) is 0.858. The lowest BCUT2D eigenvalue weighted by atomic mass is 9.84. The first-order valence-corrected chi connectivity index (χ1v) is 8.09. The molecule has 4 nitrogen and oxygen atoms in total. The number of hydrogen-bond donors (Lipinski definition) is 1. The van der Waals surface area contributed by atoms with Gasteiger partial charge in [0, 0.05) is 19.0 Å². The summed E-state index contributed by atoms with van der Waals surface area (Å²) in [6, 6.07) is 0. The molecule has 1 amide bonds. The van der Waals surface area contributed by atoms with Gasteiger partial charge in [-0.2, -0.15) is 0 Å². The summed E-state index contributed by atoms with van der Waals surface area (Å²) in [6.45, 7) is 3.00. The molecule has 0 aromatic rings. The van der Waals surface area contributed by atoms with Crippen LogP contribution in [0.3, 0.4) is 0 Å². The third-order valence-corrected chi connectivity index (χ3v) is 6.82. The molecule has 1 saturated heterocycles. The molecule has 0 aromatic carbocycles. The Balaban J connectivity index is 1.45. The molecule has 1 heterocycles. The Hall–Kier alpha value is -1.06. The van der Waals surface area contributed by atoms with Gasteiger partial charge in [-0.3, -0.25) is 9.59 Å². The number of nitrogens with zero attached hydrogens (tertiary/aromatic N) is 1. The molecular formula is C16H23NO3. The van der Waals surface area contributed by atoms with Crippen LogP contribution in [-0.2, 0) is 9.59 Å². The summed E-state index contributed by atoms with van der Waals surface area (Å²) in [5, 5.41) is 9.44. The number of carboxylic acid groups (broad SMARTS) is 1. The maximum absolute atomic E-state index is 12.7. The van der Waals surface area contributed by atoms with Crippen LogP contribution in [0.15, 0.2) is 0 Å². The normalized spacial score (nSPS) is 48.5. The molecule has 1 N–H and O–H groups in total. The molecule has 4 aliphatic rings. The van der Waals surface area contributed by atoms with Gasteiger partial charge in [0.1, 0.15) is 0 Å². The van der Waals surface area contributed by atoms with E-state index >= 15 is 0 Å². The lowest BCUT2D eigenvalue weighted by Gasteiger charge is -2.23. The number of fused-ring (bicyclic) bond motifs is 5. The SMILES string of the molecule is CCC1(C(=O)O)CCN(C(=O)C2C3C4CCC(C4)C23)C1. The van der Waals surface area contributed by atoms with Gasteiger partial charge in [-0.15, -0.1) is 0 Å². The number of likely N-dealkylation sites (tertiary alicyclic amines) is 1. The van der Waals surface area contributed by atoms with Gasteiger partial charge in [0.05, 0.1) is 5.41 Å². The van der Waals surface area contributed by atoms with E-state index in [-0.39, 0.29) is 11.8 Å². The third-order valence-electron chi connectivity index (χ3n) is 6.82. The van der Waals surface area contributed by atoms with Crippen molar-refractivity contribution in [3.8, 4) is 0 Å². The van der Waals surface area contributed by atoms with Gasteiger partial charge in [-0.05, 0) is 55.8 Å². The highest BCUT2D eigenvalue weighted by atomic mass is 16.4. The zero-order valence-corrected chi connectivity index (χ0v) is 12.0. The van der Waals surface area contributed by atoms with Crippen molar-refractivity contribution in [3.05, 3.63) is 0 Å². The standard InChI is InChI=1S/C16H23NO3/c1-2-16(15(19)20)5-6-17(8-16)14(18)13-11-9-3-4-10(7-9)12(11)13/h9-13H,2-8H2,1H3,(H,19,20). The Morgan fingerprint density at radius 2 is 1.90 bits per heavy atom. The molecule has 0 spiro atoms. The van der Waals surface area contributed by atoms with Crippen LogP contribution in [0.4, 0.5) is 0 Å². The molecule has 5 unspecified atom stereocenters. The molecular weight excluding hydrogens is 254 g/mol. The maximum atomic E-state index is 12.7. The predicted octanol–water partition coefficient (Wildman–Crippen LogP) is 1.99. The van der Waals surface area contributed by atoms with Crippen LogP contribution in [0.25, 0.3) is 0 Å². The van der Waals surface area contributed by atoms with E-state index in [1.165, 1.54) is 19.3 Å². The van der Waals surface area contributed by atoms with E-state index < -0.39 is 11.4 Å². The van der Waals surface area contributed by atoms with Crippen LogP contribution in [0.1, 0.15) is 39.0 Å². The average molecular weight is 277 g/mol. The van der Waals surface area contributed by atoms with Crippen LogP contribution in [0, 0.1) is 35.0 Å². The highest BCUT2D eigenvalue weighted by Crippen LogP contribution is 2.69. The highest BCUT2D eigenvalue weighted by molar-refractivity contribution is 5.85. The topological polar surface area (TPSA) is 57.6 Å². The lowest BCUT2D eigenvalue weighted by Crippen LogP contribution is -2.37.